The van der Waals surface area contributed by atoms with Gasteiger partial charge in [0.1, 0.15) is 0 Å². The van der Waals surface area contributed by atoms with Crippen LogP contribution in [0.3, 0.4) is 0 Å². The fourth-order valence-corrected chi connectivity index (χ4v) is 2.61. The molecule has 96 valence electrons. The Balaban J connectivity index is 1.89. The van der Waals surface area contributed by atoms with E-state index in [0.29, 0.717) is 0 Å². The predicted octanol–water partition coefficient (Wildman–Crippen LogP) is 1.86. The highest BCUT2D eigenvalue weighted by Crippen LogP contribution is 2.22. The molecular formula is C14H19N3O. The summed E-state index contributed by atoms with van der Waals surface area (Å²) in [5.74, 6) is 0. The van der Waals surface area contributed by atoms with E-state index in [1.54, 1.807) is 0 Å². The molecule has 0 aliphatic carbocycles. The van der Waals surface area contributed by atoms with E-state index in [1.165, 1.54) is 16.8 Å². The van der Waals surface area contributed by atoms with Crippen LogP contribution in [0.15, 0.2) is 24.5 Å². The van der Waals surface area contributed by atoms with Crippen LogP contribution in [0.25, 0.3) is 5.52 Å². The molecule has 2 aromatic heterocycles. The van der Waals surface area contributed by atoms with E-state index in [1.807, 2.05) is 10.7 Å². The van der Waals surface area contributed by atoms with Gasteiger partial charge in [-0.15, -0.1) is 0 Å². The Morgan fingerprint density at radius 3 is 2.83 bits per heavy atom. The van der Waals surface area contributed by atoms with E-state index in [9.17, 15) is 5.11 Å². The van der Waals surface area contributed by atoms with E-state index in [-0.39, 0.29) is 6.10 Å². The summed E-state index contributed by atoms with van der Waals surface area (Å²) in [5, 5.41) is 13.9. The third-order valence-electron chi connectivity index (χ3n) is 3.79. The van der Waals surface area contributed by atoms with Gasteiger partial charge in [0.05, 0.1) is 29.7 Å². The average molecular weight is 245 g/mol. The molecule has 4 heteroatoms. The molecule has 0 saturated carbocycles. The van der Waals surface area contributed by atoms with Crippen LogP contribution < -0.4 is 4.90 Å². The molecule has 0 bridgehead atoms. The molecule has 0 spiro atoms. The maximum absolute atomic E-state index is 9.54. The maximum atomic E-state index is 9.54. The highest BCUT2D eigenvalue weighted by atomic mass is 16.3. The standard InChI is InChI=1S/C14H19N3O/c1-2-11-9-15-17-10-12(3-4-14(11)17)16-7-5-13(18)6-8-16/h3-4,9-10,13,18H,2,5-8H2,1H3. The Labute approximate surface area is 107 Å². The van der Waals surface area contributed by atoms with Crippen molar-refractivity contribution >= 4 is 11.2 Å². The van der Waals surface area contributed by atoms with Gasteiger partial charge in [0.2, 0.25) is 0 Å². The van der Waals surface area contributed by atoms with Crippen molar-refractivity contribution in [1.82, 2.24) is 9.61 Å². The molecule has 2 aromatic rings. The van der Waals surface area contributed by atoms with Gasteiger partial charge in [-0.05, 0) is 37.0 Å². The first kappa shape index (κ1) is 11.5. The van der Waals surface area contributed by atoms with Crippen molar-refractivity contribution in [2.24, 2.45) is 0 Å². The number of rotatable bonds is 2. The van der Waals surface area contributed by atoms with Crippen molar-refractivity contribution in [2.45, 2.75) is 32.3 Å². The summed E-state index contributed by atoms with van der Waals surface area (Å²) in [4.78, 5) is 2.32. The van der Waals surface area contributed by atoms with Gasteiger partial charge in [0, 0.05) is 13.1 Å². The third-order valence-corrected chi connectivity index (χ3v) is 3.79. The van der Waals surface area contributed by atoms with Gasteiger partial charge >= 0.3 is 0 Å². The summed E-state index contributed by atoms with van der Waals surface area (Å²) in [6, 6.07) is 4.31. The lowest BCUT2D eigenvalue weighted by molar-refractivity contribution is 0.145. The molecule has 0 atom stereocenters. The molecule has 1 saturated heterocycles. The molecule has 1 aliphatic rings. The van der Waals surface area contributed by atoms with E-state index >= 15 is 0 Å². The number of anilines is 1. The molecule has 4 nitrogen and oxygen atoms in total. The molecule has 0 radical (unpaired) electrons. The highest BCUT2D eigenvalue weighted by molar-refractivity contribution is 5.59. The number of aliphatic hydroxyl groups is 1. The van der Waals surface area contributed by atoms with E-state index in [2.05, 4.69) is 35.3 Å². The lowest BCUT2D eigenvalue weighted by atomic mass is 10.1. The number of hydrogen-bond acceptors (Lipinski definition) is 3. The fraction of sp³-hybridized carbons (Fsp3) is 0.500. The largest absolute Gasteiger partial charge is 0.393 e. The monoisotopic (exact) mass is 245 g/mol. The molecule has 0 amide bonds. The number of aliphatic hydroxyl groups excluding tert-OH is 1. The highest BCUT2D eigenvalue weighted by Gasteiger charge is 2.17. The van der Waals surface area contributed by atoms with Gasteiger partial charge in [-0.3, -0.25) is 0 Å². The fourth-order valence-electron chi connectivity index (χ4n) is 2.61. The molecule has 1 N–H and O–H groups in total. The third kappa shape index (κ3) is 1.97. The van der Waals surface area contributed by atoms with Crippen molar-refractivity contribution in [3.8, 4) is 0 Å². The van der Waals surface area contributed by atoms with Crippen LogP contribution in [0.4, 0.5) is 5.69 Å². The van der Waals surface area contributed by atoms with Crippen molar-refractivity contribution in [3.63, 3.8) is 0 Å². The minimum absolute atomic E-state index is 0.124. The van der Waals surface area contributed by atoms with Crippen molar-refractivity contribution in [2.75, 3.05) is 18.0 Å². The summed E-state index contributed by atoms with van der Waals surface area (Å²) >= 11 is 0. The van der Waals surface area contributed by atoms with Gasteiger partial charge in [-0.1, -0.05) is 6.92 Å². The van der Waals surface area contributed by atoms with Crippen LogP contribution >= 0.6 is 0 Å². The Kier molecular flexibility index (Phi) is 2.96. The lowest BCUT2D eigenvalue weighted by Gasteiger charge is -2.31. The second kappa shape index (κ2) is 4.61. The summed E-state index contributed by atoms with van der Waals surface area (Å²) in [7, 11) is 0. The molecule has 1 aliphatic heterocycles. The SMILES string of the molecule is CCc1cnn2cc(N3CCC(O)CC3)ccc12. The summed E-state index contributed by atoms with van der Waals surface area (Å²) < 4.78 is 1.96. The van der Waals surface area contributed by atoms with Crippen LogP contribution in [0.5, 0.6) is 0 Å². The molecular weight excluding hydrogens is 226 g/mol. The molecule has 18 heavy (non-hydrogen) atoms. The number of aromatic nitrogens is 2. The van der Waals surface area contributed by atoms with Crippen molar-refractivity contribution < 1.29 is 5.11 Å². The quantitative estimate of drug-likeness (QED) is 0.878. The minimum atomic E-state index is -0.124. The second-order valence-electron chi connectivity index (χ2n) is 4.96. The number of piperidine rings is 1. The van der Waals surface area contributed by atoms with Gasteiger partial charge in [-0.25, -0.2) is 4.52 Å². The minimum Gasteiger partial charge on any atom is -0.393 e. The Morgan fingerprint density at radius 1 is 1.33 bits per heavy atom. The molecule has 0 unspecified atom stereocenters. The first-order valence-electron chi connectivity index (χ1n) is 6.67. The summed E-state index contributed by atoms with van der Waals surface area (Å²) in [6.07, 6.45) is 6.64. The number of pyridine rings is 1. The zero-order chi connectivity index (χ0) is 12.5. The molecule has 0 aromatic carbocycles. The molecule has 1 fully saturated rings. The van der Waals surface area contributed by atoms with Crippen molar-refractivity contribution in [1.29, 1.82) is 0 Å². The zero-order valence-corrected chi connectivity index (χ0v) is 10.7. The first-order valence-corrected chi connectivity index (χ1v) is 6.67. The van der Waals surface area contributed by atoms with Crippen LogP contribution in [-0.2, 0) is 6.42 Å². The lowest BCUT2D eigenvalue weighted by Crippen LogP contribution is -2.35. The Bertz CT molecular complexity index is 541. The number of aryl methyl sites for hydroxylation is 1. The van der Waals surface area contributed by atoms with Crippen LogP contribution in [-0.4, -0.2) is 33.9 Å². The van der Waals surface area contributed by atoms with Gasteiger partial charge in [0.15, 0.2) is 0 Å². The first-order chi connectivity index (χ1) is 8.78. The zero-order valence-electron chi connectivity index (χ0n) is 10.7. The normalized spacial score (nSPS) is 17.6. The summed E-state index contributed by atoms with van der Waals surface area (Å²) in [5.41, 5.74) is 3.68. The average Bonchev–Trinajstić information content (AvgIpc) is 2.81. The summed E-state index contributed by atoms with van der Waals surface area (Å²) in [6.45, 7) is 4.00. The Morgan fingerprint density at radius 2 is 2.11 bits per heavy atom. The van der Waals surface area contributed by atoms with Gasteiger partial charge < -0.3 is 10.0 Å². The topological polar surface area (TPSA) is 40.8 Å². The van der Waals surface area contributed by atoms with Crippen LogP contribution in [0, 0.1) is 0 Å². The van der Waals surface area contributed by atoms with E-state index < -0.39 is 0 Å². The van der Waals surface area contributed by atoms with Crippen molar-refractivity contribution in [3.05, 3.63) is 30.1 Å². The number of hydrogen-bond donors (Lipinski definition) is 1. The van der Waals surface area contributed by atoms with E-state index in [0.717, 1.165) is 32.4 Å². The number of nitrogens with zero attached hydrogens (tertiary/aromatic N) is 3. The van der Waals surface area contributed by atoms with Gasteiger partial charge in [-0.2, -0.15) is 5.10 Å². The molecule has 3 heterocycles. The van der Waals surface area contributed by atoms with Crippen LogP contribution in [0.1, 0.15) is 25.3 Å². The Hall–Kier alpha value is -1.55. The smallest absolute Gasteiger partial charge is 0.0695 e. The maximum Gasteiger partial charge on any atom is 0.0695 e. The van der Waals surface area contributed by atoms with Crippen LogP contribution in [0.2, 0.25) is 0 Å². The second-order valence-corrected chi connectivity index (χ2v) is 4.96. The number of fused-ring (bicyclic) bond motifs is 1. The molecule has 3 rings (SSSR count). The predicted molar refractivity (Wildman–Crippen MR) is 72.0 cm³/mol. The van der Waals surface area contributed by atoms with E-state index in [4.69, 9.17) is 0 Å². The van der Waals surface area contributed by atoms with Gasteiger partial charge in [0.25, 0.3) is 0 Å².